The molecular weight excluding hydrogens is 342 g/mol. The molecule has 3 unspecified atom stereocenters. The number of aliphatic carboxylic acids is 1. The van der Waals surface area contributed by atoms with E-state index in [2.05, 4.69) is 24.8 Å². The summed E-state index contributed by atoms with van der Waals surface area (Å²) in [5.41, 5.74) is 0.170. The Balaban J connectivity index is 1.48. The molecule has 0 aromatic carbocycles. The van der Waals surface area contributed by atoms with Crippen molar-refractivity contribution in [3.8, 4) is 0 Å². The SMILES string of the molecule is CC1(C)CCCC1[C@@H](O)/C=C/[C@@H]1[C@H]2CC3CCCC(C(=O)O)N3[C@@H]2C[C@H]1O. The van der Waals surface area contributed by atoms with Crippen LogP contribution in [0.4, 0.5) is 0 Å². The molecule has 0 aromatic rings. The number of carbonyl (C=O) groups is 1. The molecule has 2 saturated heterocycles. The van der Waals surface area contributed by atoms with Crippen LogP contribution in [0.1, 0.15) is 65.2 Å². The summed E-state index contributed by atoms with van der Waals surface area (Å²) in [5, 5.41) is 31.1. The van der Waals surface area contributed by atoms with Crippen molar-refractivity contribution in [3.63, 3.8) is 0 Å². The fourth-order valence-corrected chi connectivity index (χ4v) is 6.82. The highest BCUT2D eigenvalue weighted by molar-refractivity contribution is 5.73. The van der Waals surface area contributed by atoms with Crippen LogP contribution in [0, 0.1) is 23.2 Å². The summed E-state index contributed by atoms with van der Waals surface area (Å²) in [5.74, 6) is -0.0821. The molecule has 0 radical (unpaired) electrons. The van der Waals surface area contributed by atoms with Gasteiger partial charge in [0.05, 0.1) is 12.2 Å². The van der Waals surface area contributed by atoms with Crippen LogP contribution in [0.2, 0.25) is 0 Å². The van der Waals surface area contributed by atoms with Gasteiger partial charge in [-0.3, -0.25) is 9.69 Å². The van der Waals surface area contributed by atoms with Gasteiger partial charge in [0, 0.05) is 18.0 Å². The number of hydrogen-bond acceptors (Lipinski definition) is 4. The van der Waals surface area contributed by atoms with Crippen molar-refractivity contribution >= 4 is 5.97 Å². The summed E-state index contributed by atoms with van der Waals surface area (Å²) < 4.78 is 0. The monoisotopic (exact) mass is 377 g/mol. The van der Waals surface area contributed by atoms with E-state index in [-0.39, 0.29) is 23.3 Å². The highest BCUT2D eigenvalue weighted by Crippen LogP contribution is 2.50. The van der Waals surface area contributed by atoms with Crippen LogP contribution >= 0.6 is 0 Å². The summed E-state index contributed by atoms with van der Waals surface area (Å²) in [4.78, 5) is 13.9. The smallest absolute Gasteiger partial charge is 0.320 e. The number of fused-ring (bicyclic) bond motifs is 3. The minimum atomic E-state index is -0.715. The Morgan fingerprint density at radius 2 is 1.96 bits per heavy atom. The van der Waals surface area contributed by atoms with E-state index < -0.39 is 24.2 Å². The van der Waals surface area contributed by atoms with E-state index in [0.717, 1.165) is 38.5 Å². The van der Waals surface area contributed by atoms with Crippen molar-refractivity contribution in [2.24, 2.45) is 23.2 Å². The number of aliphatic hydroxyl groups is 2. The number of piperidine rings is 1. The minimum absolute atomic E-state index is 0.0363. The molecule has 4 fully saturated rings. The van der Waals surface area contributed by atoms with Crippen LogP contribution in [0.3, 0.4) is 0 Å². The quantitative estimate of drug-likeness (QED) is 0.657. The van der Waals surface area contributed by atoms with Gasteiger partial charge in [-0.15, -0.1) is 0 Å². The zero-order chi connectivity index (χ0) is 19.3. The summed E-state index contributed by atoms with van der Waals surface area (Å²) in [7, 11) is 0. The van der Waals surface area contributed by atoms with E-state index in [1.165, 1.54) is 6.42 Å². The standard InChI is InChI=1S/C22H35NO4/c1-22(2)10-4-6-16(22)19(24)9-8-14-15-11-13-5-3-7-17(21(26)27)23(13)18(15)12-20(14)25/h8-9,13-20,24-25H,3-7,10-12H2,1-2H3,(H,26,27)/b9-8+/t13?,14-,15-,16?,17?,18-,19+,20-/m1/s1. The Morgan fingerprint density at radius 1 is 1.19 bits per heavy atom. The largest absolute Gasteiger partial charge is 0.480 e. The molecule has 0 amide bonds. The van der Waals surface area contributed by atoms with Gasteiger partial charge in [-0.2, -0.15) is 0 Å². The lowest BCUT2D eigenvalue weighted by atomic mass is 9.78. The average Bonchev–Trinajstić information content (AvgIpc) is 3.23. The Kier molecular flexibility index (Phi) is 5.15. The van der Waals surface area contributed by atoms with Gasteiger partial charge in [0.15, 0.2) is 0 Å². The molecule has 2 heterocycles. The lowest BCUT2D eigenvalue weighted by molar-refractivity contribution is -0.146. The van der Waals surface area contributed by atoms with Crippen LogP contribution in [0.25, 0.3) is 0 Å². The molecule has 0 bridgehead atoms. The van der Waals surface area contributed by atoms with Crippen molar-refractivity contribution in [1.82, 2.24) is 4.90 Å². The highest BCUT2D eigenvalue weighted by Gasteiger charge is 2.55. The number of aliphatic hydroxyl groups excluding tert-OH is 2. The van der Waals surface area contributed by atoms with E-state index in [1.54, 1.807) is 0 Å². The van der Waals surface area contributed by atoms with Gasteiger partial charge in [0.2, 0.25) is 0 Å². The number of nitrogens with zero attached hydrogens (tertiary/aromatic N) is 1. The number of hydrogen-bond donors (Lipinski definition) is 3. The van der Waals surface area contributed by atoms with Gasteiger partial charge < -0.3 is 15.3 Å². The molecule has 152 valence electrons. The average molecular weight is 378 g/mol. The maximum absolute atomic E-state index is 11.7. The van der Waals surface area contributed by atoms with Crippen molar-refractivity contribution in [3.05, 3.63) is 12.2 Å². The second-order valence-corrected chi connectivity index (χ2v) is 10.1. The summed E-state index contributed by atoms with van der Waals surface area (Å²) in [6, 6.07) is 0.122. The number of carboxylic acid groups (broad SMARTS) is 1. The second kappa shape index (κ2) is 7.16. The van der Waals surface area contributed by atoms with Crippen LogP contribution in [0.5, 0.6) is 0 Å². The Morgan fingerprint density at radius 3 is 2.63 bits per heavy atom. The maximum Gasteiger partial charge on any atom is 0.320 e. The summed E-state index contributed by atoms with van der Waals surface area (Å²) in [6.45, 7) is 4.48. The summed E-state index contributed by atoms with van der Waals surface area (Å²) >= 11 is 0. The molecule has 2 saturated carbocycles. The zero-order valence-corrected chi connectivity index (χ0v) is 16.6. The predicted molar refractivity (Wildman–Crippen MR) is 103 cm³/mol. The van der Waals surface area contributed by atoms with Gasteiger partial charge >= 0.3 is 5.97 Å². The molecule has 2 aliphatic heterocycles. The van der Waals surface area contributed by atoms with Crippen molar-refractivity contribution < 1.29 is 20.1 Å². The van der Waals surface area contributed by atoms with Gasteiger partial charge in [-0.25, -0.2) is 0 Å². The van der Waals surface area contributed by atoms with E-state index in [4.69, 9.17) is 0 Å². The first-order valence-corrected chi connectivity index (χ1v) is 10.8. The molecule has 8 atom stereocenters. The number of carboxylic acids is 1. The van der Waals surface area contributed by atoms with E-state index >= 15 is 0 Å². The normalized spacial score (nSPS) is 45.1. The first-order chi connectivity index (χ1) is 12.8. The minimum Gasteiger partial charge on any atom is -0.480 e. The maximum atomic E-state index is 11.7. The molecule has 3 N–H and O–H groups in total. The van der Waals surface area contributed by atoms with Gasteiger partial charge in [-0.1, -0.05) is 32.4 Å². The molecule has 0 spiro atoms. The van der Waals surface area contributed by atoms with Crippen LogP contribution in [-0.2, 0) is 4.79 Å². The Labute approximate surface area is 162 Å². The van der Waals surface area contributed by atoms with Gasteiger partial charge in [-0.05, 0) is 62.2 Å². The third kappa shape index (κ3) is 3.36. The molecule has 5 heteroatoms. The fraction of sp³-hybridized carbons (Fsp3) is 0.864. The molecule has 5 nitrogen and oxygen atoms in total. The molecule has 27 heavy (non-hydrogen) atoms. The molecular formula is C22H35NO4. The predicted octanol–water partition coefficient (Wildman–Crippen LogP) is 2.81. The van der Waals surface area contributed by atoms with Crippen LogP contribution in [-0.4, -0.2) is 56.5 Å². The lowest BCUT2D eigenvalue weighted by Crippen LogP contribution is -2.51. The van der Waals surface area contributed by atoms with Crippen molar-refractivity contribution in [2.75, 3.05) is 0 Å². The second-order valence-electron chi connectivity index (χ2n) is 10.1. The molecule has 4 rings (SSSR count). The highest BCUT2D eigenvalue weighted by atomic mass is 16.4. The first kappa shape index (κ1) is 19.4. The Hall–Kier alpha value is -0.910. The first-order valence-electron chi connectivity index (χ1n) is 10.8. The Bertz CT molecular complexity index is 603. The fourth-order valence-electron chi connectivity index (χ4n) is 6.82. The third-order valence-electron chi connectivity index (χ3n) is 8.21. The van der Waals surface area contributed by atoms with Gasteiger partial charge in [0.1, 0.15) is 6.04 Å². The number of rotatable bonds is 4. The zero-order valence-electron chi connectivity index (χ0n) is 16.6. The van der Waals surface area contributed by atoms with Crippen LogP contribution in [0.15, 0.2) is 12.2 Å². The summed E-state index contributed by atoms with van der Waals surface area (Å²) in [6.07, 6.45) is 10.9. The van der Waals surface area contributed by atoms with E-state index in [9.17, 15) is 20.1 Å². The molecule has 2 aliphatic carbocycles. The van der Waals surface area contributed by atoms with E-state index in [1.807, 2.05) is 6.08 Å². The van der Waals surface area contributed by atoms with Gasteiger partial charge in [0.25, 0.3) is 0 Å². The molecule has 4 aliphatic rings. The van der Waals surface area contributed by atoms with E-state index in [0.29, 0.717) is 18.4 Å². The molecule has 0 aromatic heterocycles. The van der Waals surface area contributed by atoms with Crippen molar-refractivity contribution in [1.29, 1.82) is 0 Å². The van der Waals surface area contributed by atoms with Crippen molar-refractivity contribution in [2.45, 2.75) is 95.5 Å². The lowest BCUT2D eigenvalue weighted by Gasteiger charge is -2.38. The van der Waals surface area contributed by atoms with Crippen LogP contribution < -0.4 is 0 Å². The third-order valence-corrected chi connectivity index (χ3v) is 8.21. The topological polar surface area (TPSA) is 81.0 Å².